The van der Waals surface area contributed by atoms with Crippen molar-refractivity contribution < 1.29 is 9.26 Å². The Labute approximate surface area is 130 Å². The minimum absolute atomic E-state index is 0.0883. The van der Waals surface area contributed by atoms with E-state index in [-0.39, 0.29) is 11.5 Å². The highest BCUT2D eigenvalue weighted by Crippen LogP contribution is 2.34. The van der Waals surface area contributed by atoms with Crippen molar-refractivity contribution in [3.05, 3.63) is 29.9 Å². The van der Waals surface area contributed by atoms with Crippen LogP contribution in [0, 0.1) is 0 Å². The molecule has 1 fully saturated rings. The van der Waals surface area contributed by atoms with Gasteiger partial charge in [0.25, 0.3) is 0 Å². The number of nitrogens with zero attached hydrogens (tertiary/aromatic N) is 4. The smallest absolute Gasteiger partial charge is 0.246 e. The van der Waals surface area contributed by atoms with Crippen molar-refractivity contribution >= 4 is 0 Å². The van der Waals surface area contributed by atoms with Crippen LogP contribution < -0.4 is 0 Å². The fourth-order valence-electron chi connectivity index (χ4n) is 2.98. The molecule has 22 heavy (non-hydrogen) atoms. The monoisotopic (exact) mass is 304 g/mol. The summed E-state index contributed by atoms with van der Waals surface area (Å²) in [6.45, 7) is 9.75. The Bertz CT molecular complexity index is 630. The summed E-state index contributed by atoms with van der Waals surface area (Å²) in [5, 5.41) is 4.02. The van der Waals surface area contributed by atoms with Gasteiger partial charge in [-0.25, -0.2) is 4.98 Å². The Morgan fingerprint density at radius 2 is 2.23 bits per heavy atom. The number of ether oxygens (including phenoxy) is 1. The maximum absolute atomic E-state index is 5.80. The summed E-state index contributed by atoms with van der Waals surface area (Å²) in [6.07, 6.45) is 5.81. The number of aromatic nitrogens is 4. The van der Waals surface area contributed by atoms with Gasteiger partial charge in [-0.1, -0.05) is 19.0 Å². The molecule has 0 bridgehead atoms. The molecule has 6 nitrogen and oxygen atoms in total. The van der Waals surface area contributed by atoms with Gasteiger partial charge in [0.1, 0.15) is 12.4 Å². The van der Waals surface area contributed by atoms with E-state index in [2.05, 4.69) is 47.4 Å². The molecule has 0 unspecified atom stereocenters. The minimum atomic E-state index is -0.0883. The second kappa shape index (κ2) is 5.83. The Balaban J connectivity index is 1.77. The fraction of sp³-hybridized carbons (Fsp3) is 0.688. The van der Waals surface area contributed by atoms with Gasteiger partial charge >= 0.3 is 0 Å². The Kier molecular flexibility index (Phi) is 4.04. The van der Waals surface area contributed by atoms with Gasteiger partial charge < -0.3 is 13.8 Å². The Hall–Kier alpha value is -1.69. The molecule has 0 aliphatic carbocycles. The summed E-state index contributed by atoms with van der Waals surface area (Å²) >= 11 is 0. The standard InChI is InChI=1S/C16H24N4O2/c1-11(2)14-18-13(22-19-14)10-20-7-6-17-15(20)12-5-8-21-16(3,4)9-12/h6-7,11-12H,5,8-10H2,1-4H3/t12-/m1/s1. The predicted molar refractivity (Wildman–Crippen MR) is 81.7 cm³/mol. The van der Waals surface area contributed by atoms with E-state index in [1.807, 2.05) is 12.4 Å². The van der Waals surface area contributed by atoms with Crippen LogP contribution in [0.1, 0.15) is 69.9 Å². The third-order valence-electron chi connectivity index (χ3n) is 4.12. The molecule has 0 spiro atoms. The van der Waals surface area contributed by atoms with Crippen molar-refractivity contribution in [2.75, 3.05) is 6.61 Å². The number of hydrogen-bond acceptors (Lipinski definition) is 5. The summed E-state index contributed by atoms with van der Waals surface area (Å²) in [5.74, 6) is 3.15. The quantitative estimate of drug-likeness (QED) is 0.868. The molecular weight excluding hydrogens is 280 g/mol. The molecule has 0 N–H and O–H groups in total. The van der Waals surface area contributed by atoms with Crippen LogP contribution in [0.3, 0.4) is 0 Å². The average Bonchev–Trinajstić information content (AvgIpc) is 3.07. The maximum atomic E-state index is 5.80. The second-order valence-electron chi connectivity index (χ2n) is 6.91. The Morgan fingerprint density at radius 3 is 2.91 bits per heavy atom. The van der Waals surface area contributed by atoms with E-state index in [9.17, 15) is 0 Å². The molecule has 6 heteroatoms. The highest BCUT2D eigenvalue weighted by Gasteiger charge is 2.32. The topological polar surface area (TPSA) is 66.0 Å². The lowest BCUT2D eigenvalue weighted by Gasteiger charge is -2.35. The predicted octanol–water partition coefficient (Wildman–Crippen LogP) is 3.11. The van der Waals surface area contributed by atoms with Crippen LogP contribution in [0.2, 0.25) is 0 Å². The molecule has 2 aromatic rings. The molecule has 1 atom stereocenters. The molecule has 120 valence electrons. The minimum Gasteiger partial charge on any atom is -0.376 e. The molecule has 0 aromatic carbocycles. The lowest BCUT2D eigenvalue weighted by atomic mass is 9.88. The van der Waals surface area contributed by atoms with Crippen LogP contribution >= 0.6 is 0 Å². The second-order valence-corrected chi connectivity index (χ2v) is 6.91. The van der Waals surface area contributed by atoms with Crippen molar-refractivity contribution in [2.24, 2.45) is 0 Å². The Morgan fingerprint density at radius 1 is 1.41 bits per heavy atom. The van der Waals surface area contributed by atoms with Crippen LogP contribution in [0.4, 0.5) is 0 Å². The zero-order chi connectivity index (χ0) is 15.7. The highest BCUT2D eigenvalue weighted by molar-refractivity contribution is 5.06. The third-order valence-corrected chi connectivity index (χ3v) is 4.12. The van der Waals surface area contributed by atoms with Crippen LogP contribution in [0.25, 0.3) is 0 Å². The molecule has 0 radical (unpaired) electrons. The van der Waals surface area contributed by atoms with Crippen molar-refractivity contribution in [3.63, 3.8) is 0 Å². The van der Waals surface area contributed by atoms with E-state index in [0.717, 1.165) is 31.1 Å². The van der Waals surface area contributed by atoms with Gasteiger partial charge in [0.2, 0.25) is 5.89 Å². The number of imidazole rings is 1. The summed E-state index contributed by atoms with van der Waals surface area (Å²) in [5.41, 5.74) is -0.0883. The third kappa shape index (κ3) is 3.21. The molecule has 2 aromatic heterocycles. The first-order valence-electron chi connectivity index (χ1n) is 7.92. The molecule has 3 heterocycles. The van der Waals surface area contributed by atoms with E-state index in [0.29, 0.717) is 18.4 Å². The summed E-state index contributed by atoms with van der Waals surface area (Å²) in [4.78, 5) is 9.01. The molecule has 3 rings (SSSR count). The molecule has 0 saturated carbocycles. The first-order valence-corrected chi connectivity index (χ1v) is 7.92. The van der Waals surface area contributed by atoms with Crippen LogP contribution in [-0.2, 0) is 11.3 Å². The normalized spacial score (nSPS) is 21.4. The molecule has 1 aliphatic rings. The van der Waals surface area contributed by atoms with Crippen molar-refractivity contribution in [3.8, 4) is 0 Å². The van der Waals surface area contributed by atoms with Crippen molar-refractivity contribution in [1.29, 1.82) is 0 Å². The van der Waals surface area contributed by atoms with Gasteiger partial charge in [-0.15, -0.1) is 0 Å². The van der Waals surface area contributed by atoms with Gasteiger partial charge in [-0.2, -0.15) is 4.98 Å². The van der Waals surface area contributed by atoms with Crippen LogP contribution in [0.5, 0.6) is 0 Å². The van der Waals surface area contributed by atoms with Crippen LogP contribution in [-0.4, -0.2) is 31.9 Å². The summed E-state index contributed by atoms with van der Waals surface area (Å²) < 4.78 is 13.3. The molecule has 0 amide bonds. The van der Waals surface area contributed by atoms with E-state index in [1.54, 1.807) is 0 Å². The van der Waals surface area contributed by atoms with Gasteiger partial charge in [0.05, 0.1) is 5.60 Å². The summed E-state index contributed by atoms with van der Waals surface area (Å²) in [6, 6.07) is 0. The average molecular weight is 304 g/mol. The van der Waals surface area contributed by atoms with E-state index in [4.69, 9.17) is 9.26 Å². The van der Waals surface area contributed by atoms with Gasteiger partial charge in [-0.3, -0.25) is 0 Å². The highest BCUT2D eigenvalue weighted by atomic mass is 16.5. The lowest BCUT2D eigenvalue weighted by Crippen LogP contribution is -2.34. The van der Waals surface area contributed by atoms with Gasteiger partial charge in [-0.05, 0) is 26.7 Å². The SMILES string of the molecule is CC(C)c1noc(Cn2ccnc2[C@@H]2CCOC(C)(C)C2)n1. The lowest BCUT2D eigenvalue weighted by molar-refractivity contribution is -0.0606. The first kappa shape index (κ1) is 15.2. The van der Waals surface area contributed by atoms with E-state index < -0.39 is 0 Å². The van der Waals surface area contributed by atoms with Crippen LogP contribution in [0.15, 0.2) is 16.9 Å². The zero-order valence-electron chi connectivity index (χ0n) is 13.7. The first-order chi connectivity index (χ1) is 10.4. The number of hydrogen-bond donors (Lipinski definition) is 0. The number of rotatable bonds is 4. The molecular formula is C16H24N4O2. The van der Waals surface area contributed by atoms with Gasteiger partial charge in [0.15, 0.2) is 5.82 Å². The zero-order valence-corrected chi connectivity index (χ0v) is 13.7. The molecule has 1 saturated heterocycles. The largest absolute Gasteiger partial charge is 0.376 e. The van der Waals surface area contributed by atoms with Crippen molar-refractivity contribution in [1.82, 2.24) is 19.7 Å². The maximum Gasteiger partial charge on any atom is 0.246 e. The molecule has 1 aliphatic heterocycles. The van der Waals surface area contributed by atoms with E-state index in [1.165, 1.54) is 0 Å². The summed E-state index contributed by atoms with van der Waals surface area (Å²) in [7, 11) is 0. The van der Waals surface area contributed by atoms with E-state index >= 15 is 0 Å². The van der Waals surface area contributed by atoms with Crippen molar-refractivity contribution in [2.45, 2.75) is 64.5 Å². The fourth-order valence-corrected chi connectivity index (χ4v) is 2.98. The van der Waals surface area contributed by atoms with Gasteiger partial charge in [0, 0.05) is 30.8 Å².